The number of carboxylic acids is 1. The van der Waals surface area contributed by atoms with Gasteiger partial charge in [-0.2, -0.15) is 0 Å². The van der Waals surface area contributed by atoms with Gasteiger partial charge in [-0.1, -0.05) is 23.7 Å². The monoisotopic (exact) mass is 359 g/mol. The number of carboxylic acid groups (broad SMARTS) is 1. The van der Waals surface area contributed by atoms with Crippen molar-refractivity contribution < 1.29 is 18.3 Å². The lowest BCUT2D eigenvalue weighted by Gasteiger charge is -2.36. The summed E-state index contributed by atoms with van der Waals surface area (Å²) in [6, 6.07) is 3.09. The van der Waals surface area contributed by atoms with Crippen LogP contribution in [0.25, 0.3) is 0 Å². The number of aromatic nitrogens is 1. The maximum atomic E-state index is 12.8. The molecule has 1 saturated heterocycles. The Bertz CT molecular complexity index is 697. The van der Waals surface area contributed by atoms with Crippen LogP contribution in [0, 0.1) is 0 Å². The Morgan fingerprint density at radius 2 is 2.09 bits per heavy atom. The van der Waals surface area contributed by atoms with Crippen LogP contribution in [0.1, 0.15) is 23.7 Å². The number of pyridine rings is 1. The molecule has 1 fully saturated rings. The summed E-state index contributed by atoms with van der Waals surface area (Å²) in [4.78, 5) is 15.0. The van der Waals surface area contributed by atoms with Crippen molar-refractivity contribution in [3.8, 4) is 0 Å². The summed E-state index contributed by atoms with van der Waals surface area (Å²) in [5.74, 6) is -1.11. The van der Waals surface area contributed by atoms with E-state index in [-0.39, 0.29) is 31.1 Å². The molecule has 7 nitrogen and oxygen atoms in total. The van der Waals surface area contributed by atoms with Crippen molar-refractivity contribution in [1.82, 2.24) is 9.29 Å². The Hall–Kier alpha value is -1.48. The first-order chi connectivity index (χ1) is 10.7. The van der Waals surface area contributed by atoms with E-state index in [1.807, 2.05) is 0 Å². The fourth-order valence-electron chi connectivity index (χ4n) is 2.50. The third-order valence-electron chi connectivity index (χ3n) is 4.01. The van der Waals surface area contributed by atoms with Crippen molar-refractivity contribution in [1.29, 1.82) is 0 Å². The summed E-state index contributed by atoms with van der Waals surface area (Å²) in [5, 5.41) is 8.41. The second kappa shape index (κ2) is 6.56. The van der Waals surface area contributed by atoms with Crippen molar-refractivity contribution in [2.75, 3.05) is 13.1 Å². The number of hydrogen-bond acceptors (Lipinski definition) is 5. The highest BCUT2D eigenvalue weighted by atomic mass is 35.5. The molecule has 0 bridgehead atoms. The molecule has 0 amide bonds. The lowest BCUT2D eigenvalue weighted by molar-refractivity contribution is -0.144. The molecular weight excluding hydrogens is 342 g/mol. The molecule has 126 valence electrons. The average molecular weight is 360 g/mol. The highest BCUT2D eigenvalue weighted by molar-refractivity contribution is 7.89. The molecule has 1 atom stereocenters. The second-order valence-corrected chi connectivity index (χ2v) is 7.92. The van der Waals surface area contributed by atoms with Gasteiger partial charge < -0.3 is 10.8 Å². The average Bonchev–Trinajstić information content (AvgIpc) is 2.50. The van der Waals surface area contributed by atoms with E-state index in [9.17, 15) is 13.2 Å². The molecule has 1 aliphatic heterocycles. The lowest BCUT2D eigenvalue weighted by atomic mass is 9.90. The first-order valence-corrected chi connectivity index (χ1v) is 8.84. The van der Waals surface area contributed by atoms with Crippen molar-refractivity contribution in [3.63, 3.8) is 0 Å². The molecule has 2 heterocycles. The zero-order valence-corrected chi connectivity index (χ0v) is 13.9. The zero-order chi connectivity index (χ0) is 17.3. The second-order valence-electron chi connectivity index (χ2n) is 5.48. The number of piperidine rings is 1. The van der Waals surface area contributed by atoms with Crippen LogP contribution in [0.3, 0.4) is 0 Å². The molecule has 0 spiro atoms. The highest BCUT2D eigenvalue weighted by Gasteiger charge is 2.42. The molecule has 3 N–H and O–H groups in total. The Kier molecular flexibility index (Phi) is 5.10. The molecule has 1 aromatic rings. The van der Waals surface area contributed by atoms with Gasteiger partial charge in [0.1, 0.15) is 15.9 Å². The van der Waals surface area contributed by atoms with Crippen LogP contribution < -0.4 is 5.73 Å². The quantitative estimate of drug-likeness (QED) is 0.602. The number of nitrogens with zero attached hydrogens (tertiary/aromatic N) is 2. The topological polar surface area (TPSA) is 114 Å². The SMILES string of the molecule is C=CC(c1ccc(Cl)nc1)S(=O)(=O)N1CCC(N)(C(=O)O)CC1. The van der Waals surface area contributed by atoms with E-state index in [1.54, 1.807) is 6.07 Å². The number of nitrogens with two attached hydrogens (primary N) is 1. The standard InChI is InChI=1S/C14H18ClN3O4S/c1-2-11(10-3-4-12(15)17-9-10)23(21,22)18-7-5-14(16,6-8-18)13(19)20/h2-4,9,11H,1,5-8,16H2,(H,19,20). The van der Waals surface area contributed by atoms with E-state index in [4.69, 9.17) is 22.4 Å². The molecule has 0 aliphatic carbocycles. The minimum atomic E-state index is -3.73. The van der Waals surface area contributed by atoms with Gasteiger partial charge in [0.05, 0.1) is 0 Å². The van der Waals surface area contributed by atoms with Gasteiger partial charge in [-0.15, -0.1) is 6.58 Å². The van der Waals surface area contributed by atoms with Gasteiger partial charge in [0.15, 0.2) is 0 Å². The molecule has 2 rings (SSSR count). The predicted molar refractivity (Wildman–Crippen MR) is 86.5 cm³/mol. The summed E-state index contributed by atoms with van der Waals surface area (Å²) in [7, 11) is -3.73. The van der Waals surface area contributed by atoms with Gasteiger partial charge >= 0.3 is 5.97 Å². The van der Waals surface area contributed by atoms with Gasteiger partial charge in [0.2, 0.25) is 10.0 Å². The van der Waals surface area contributed by atoms with Gasteiger partial charge in [-0.05, 0) is 24.5 Å². The highest BCUT2D eigenvalue weighted by Crippen LogP contribution is 2.30. The number of halogens is 1. The molecule has 1 aromatic heterocycles. The molecular formula is C14H18ClN3O4S. The van der Waals surface area contributed by atoms with Crippen LogP contribution in [-0.4, -0.2) is 47.4 Å². The van der Waals surface area contributed by atoms with Crippen LogP contribution in [0.15, 0.2) is 31.0 Å². The first-order valence-electron chi connectivity index (χ1n) is 6.96. The summed E-state index contributed by atoms with van der Waals surface area (Å²) < 4.78 is 26.8. The van der Waals surface area contributed by atoms with E-state index >= 15 is 0 Å². The minimum Gasteiger partial charge on any atom is -0.480 e. The number of hydrogen-bond donors (Lipinski definition) is 2. The molecule has 1 unspecified atom stereocenters. The maximum Gasteiger partial charge on any atom is 0.323 e. The first kappa shape index (κ1) is 17.9. The van der Waals surface area contributed by atoms with Gasteiger partial charge in [-0.25, -0.2) is 17.7 Å². The molecule has 0 radical (unpaired) electrons. The number of rotatable bonds is 5. The Morgan fingerprint density at radius 3 is 2.52 bits per heavy atom. The number of carbonyl (C=O) groups is 1. The lowest BCUT2D eigenvalue weighted by Crippen LogP contribution is -2.56. The normalized spacial score (nSPS) is 19.9. The molecule has 0 aromatic carbocycles. The molecule has 0 saturated carbocycles. The molecule has 23 heavy (non-hydrogen) atoms. The van der Waals surface area contributed by atoms with Crippen LogP contribution in [-0.2, 0) is 14.8 Å². The van der Waals surface area contributed by atoms with E-state index in [0.717, 1.165) is 0 Å². The van der Waals surface area contributed by atoms with Crippen LogP contribution in [0.2, 0.25) is 5.15 Å². The number of aliphatic carboxylic acids is 1. The van der Waals surface area contributed by atoms with Crippen molar-refractivity contribution in [3.05, 3.63) is 41.7 Å². The fourth-order valence-corrected chi connectivity index (χ4v) is 4.35. The Balaban J connectivity index is 2.22. The summed E-state index contributed by atoms with van der Waals surface area (Å²) >= 11 is 5.72. The van der Waals surface area contributed by atoms with Crippen molar-refractivity contribution in [2.24, 2.45) is 5.73 Å². The minimum absolute atomic E-state index is 0.0521. The Morgan fingerprint density at radius 1 is 1.48 bits per heavy atom. The summed E-state index contributed by atoms with van der Waals surface area (Å²) in [6.45, 7) is 3.70. The molecule has 1 aliphatic rings. The maximum absolute atomic E-state index is 12.8. The molecule has 9 heteroatoms. The van der Waals surface area contributed by atoms with Gasteiger partial charge in [-0.3, -0.25) is 4.79 Å². The van der Waals surface area contributed by atoms with Gasteiger partial charge in [0.25, 0.3) is 0 Å². The van der Waals surface area contributed by atoms with E-state index in [1.165, 1.54) is 22.6 Å². The third-order valence-corrected chi connectivity index (χ3v) is 6.43. The van der Waals surface area contributed by atoms with E-state index in [2.05, 4.69) is 11.6 Å². The van der Waals surface area contributed by atoms with Gasteiger partial charge in [0, 0.05) is 19.3 Å². The predicted octanol–water partition coefficient (Wildman–Crippen LogP) is 1.17. The number of sulfonamides is 1. The van der Waals surface area contributed by atoms with Crippen molar-refractivity contribution >= 4 is 27.6 Å². The van der Waals surface area contributed by atoms with E-state index in [0.29, 0.717) is 5.56 Å². The zero-order valence-electron chi connectivity index (χ0n) is 12.4. The fraction of sp³-hybridized carbons (Fsp3) is 0.429. The smallest absolute Gasteiger partial charge is 0.323 e. The third kappa shape index (κ3) is 3.55. The van der Waals surface area contributed by atoms with Crippen LogP contribution in [0.5, 0.6) is 0 Å². The summed E-state index contributed by atoms with van der Waals surface area (Å²) in [6.07, 6.45) is 2.83. The Labute approximate surface area is 139 Å². The largest absolute Gasteiger partial charge is 0.480 e. The van der Waals surface area contributed by atoms with Crippen molar-refractivity contribution in [2.45, 2.75) is 23.6 Å². The van der Waals surface area contributed by atoms with E-state index < -0.39 is 26.8 Å². The van der Waals surface area contributed by atoms with Crippen LogP contribution in [0.4, 0.5) is 0 Å². The summed E-state index contributed by atoms with van der Waals surface area (Å²) in [5.41, 5.74) is 4.85. The van der Waals surface area contributed by atoms with Crippen LogP contribution >= 0.6 is 11.6 Å².